The fraction of sp³-hybridized carbons (Fsp3) is 0.308. The Morgan fingerprint density at radius 1 is 1.44 bits per heavy atom. The van der Waals surface area contributed by atoms with Crippen LogP contribution in [0.3, 0.4) is 0 Å². The maximum Gasteiger partial charge on any atom is 0.255 e. The Balaban J connectivity index is 2.30. The van der Waals surface area contributed by atoms with Crippen LogP contribution in [0.25, 0.3) is 11.0 Å². The Hall–Kier alpha value is -1.77. The molecule has 1 amide bonds. The molecule has 1 aromatic heterocycles. The topological polar surface area (TPSA) is 42.2 Å². The van der Waals surface area contributed by atoms with E-state index in [1.165, 1.54) is 6.26 Å². The van der Waals surface area contributed by atoms with Crippen molar-refractivity contribution < 1.29 is 9.21 Å². The minimum atomic E-state index is -0.0701. The largest absolute Gasteiger partial charge is 0.463 e. The van der Waals surface area contributed by atoms with Crippen LogP contribution in [-0.4, -0.2) is 11.9 Å². The first-order valence-electron chi connectivity index (χ1n) is 5.49. The summed E-state index contributed by atoms with van der Waals surface area (Å²) in [6.07, 6.45) is 2.43. The molecule has 1 atom stereocenters. The van der Waals surface area contributed by atoms with Crippen molar-refractivity contribution in [3.63, 3.8) is 0 Å². The molecule has 1 unspecified atom stereocenters. The van der Waals surface area contributed by atoms with Gasteiger partial charge < -0.3 is 9.73 Å². The molecular weight excluding hydrogens is 202 g/mol. The molecule has 0 bridgehead atoms. The van der Waals surface area contributed by atoms with Gasteiger partial charge in [0.25, 0.3) is 5.91 Å². The van der Waals surface area contributed by atoms with Gasteiger partial charge in [-0.25, -0.2) is 0 Å². The van der Waals surface area contributed by atoms with Crippen LogP contribution in [0.15, 0.2) is 34.9 Å². The van der Waals surface area contributed by atoms with Crippen molar-refractivity contribution in [2.75, 3.05) is 0 Å². The van der Waals surface area contributed by atoms with Gasteiger partial charge in [0.2, 0.25) is 0 Å². The minimum Gasteiger partial charge on any atom is -0.463 e. The molecule has 0 fully saturated rings. The Morgan fingerprint density at radius 2 is 2.19 bits per heavy atom. The lowest BCUT2D eigenvalue weighted by Gasteiger charge is -2.09. The summed E-state index contributed by atoms with van der Waals surface area (Å²) in [5, 5.41) is 3.79. The summed E-state index contributed by atoms with van der Waals surface area (Å²) in [5.74, 6) is -0.0701. The lowest BCUT2D eigenvalue weighted by Crippen LogP contribution is -2.31. The van der Waals surface area contributed by atoms with E-state index in [2.05, 4.69) is 5.32 Å². The summed E-state index contributed by atoms with van der Waals surface area (Å²) < 4.78 is 5.32. The molecule has 3 nitrogen and oxygen atoms in total. The van der Waals surface area contributed by atoms with Crippen LogP contribution >= 0.6 is 0 Å². The van der Waals surface area contributed by atoms with Crippen molar-refractivity contribution in [2.24, 2.45) is 0 Å². The number of nitrogens with one attached hydrogen (secondary N) is 1. The van der Waals surface area contributed by atoms with Crippen molar-refractivity contribution in [3.05, 3.63) is 36.1 Å². The van der Waals surface area contributed by atoms with Gasteiger partial charge in [0.15, 0.2) is 0 Å². The lowest BCUT2D eigenvalue weighted by molar-refractivity contribution is 0.0940. The summed E-state index contributed by atoms with van der Waals surface area (Å²) >= 11 is 0. The normalized spacial score (nSPS) is 12.6. The summed E-state index contributed by atoms with van der Waals surface area (Å²) in [6.45, 7) is 4.03. The van der Waals surface area contributed by atoms with Crippen molar-refractivity contribution in [1.29, 1.82) is 0 Å². The van der Waals surface area contributed by atoms with Crippen LogP contribution in [0.4, 0.5) is 0 Å². The molecule has 0 aliphatic rings. The molecule has 1 aromatic carbocycles. The fourth-order valence-corrected chi connectivity index (χ4v) is 1.56. The predicted molar refractivity (Wildman–Crippen MR) is 63.4 cm³/mol. The number of hydrogen-bond acceptors (Lipinski definition) is 2. The van der Waals surface area contributed by atoms with E-state index in [-0.39, 0.29) is 11.9 Å². The van der Waals surface area contributed by atoms with Gasteiger partial charge in [0, 0.05) is 11.4 Å². The second kappa shape index (κ2) is 4.39. The number of carbonyl (C=O) groups excluding carboxylic acids is 1. The highest BCUT2D eigenvalue weighted by molar-refractivity contribution is 6.05. The predicted octanol–water partition coefficient (Wildman–Crippen LogP) is 2.96. The molecule has 1 N–H and O–H groups in total. The van der Waals surface area contributed by atoms with Gasteiger partial charge >= 0.3 is 0 Å². The third-order valence-electron chi connectivity index (χ3n) is 2.72. The van der Waals surface area contributed by atoms with Gasteiger partial charge in [-0.1, -0.05) is 25.1 Å². The SMILES string of the molecule is CCC(C)NC(=O)c1coc2ccccc12. The van der Waals surface area contributed by atoms with E-state index in [1.807, 2.05) is 38.1 Å². The van der Waals surface area contributed by atoms with E-state index < -0.39 is 0 Å². The van der Waals surface area contributed by atoms with E-state index in [9.17, 15) is 4.79 Å². The van der Waals surface area contributed by atoms with Crippen LogP contribution in [0, 0.1) is 0 Å². The molecule has 0 aliphatic heterocycles. The smallest absolute Gasteiger partial charge is 0.255 e. The van der Waals surface area contributed by atoms with Crippen molar-refractivity contribution in [1.82, 2.24) is 5.32 Å². The van der Waals surface area contributed by atoms with Crippen LogP contribution in [0.2, 0.25) is 0 Å². The Kier molecular flexibility index (Phi) is 2.95. The number of rotatable bonds is 3. The van der Waals surface area contributed by atoms with E-state index in [4.69, 9.17) is 4.42 Å². The zero-order valence-corrected chi connectivity index (χ0v) is 9.49. The first kappa shape index (κ1) is 10.7. The van der Waals surface area contributed by atoms with Crippen molar-refractivity contribution >= 4 is 16.9 Å². The first-order valence-corrected chi connectivity index (χ1v) is 5.49. The number of amides is 1. The molecule has 3 heteroatoms. The summed E-state index contributed by atoms with van der Waals surface area (Å²) in [4.78, 5) is 11.9. The number of hydrogen-bond donors (Lipinski definition) is 1. The molecule has 0 spiro atoms. The molecule has 84 valence electrons. The van der Waals surface area contributed by atoms with Gasteiger partial charge in [-0.3, -0.25) is 4.79 Å². The number of carbonyl (C=O) groups is 1. The van der Waals surface area contributed by atoms with Crippen LogP contribution in [0.1, 0.15) is 30.6 Å². The molecule has 2 rings (SSSR count). The number of furan rings is 1. The average molecular weight is 217 g/mol. The van der Waals surface area contributed by atoms with Gasteiger partial charge in [0.05, 0.1) is 5.56 Å². The van der Waals surface area contributed by atoms with Crippen LogP contribution in [0.5, 0.6) is 0 Å². The molecule has 2 aromatic rings. The molecule has 16 heavy (non-hydrogen) atoms. The molecule has 0 aliphatic carbocycles. The number of para-hydroxylation sites is 1. The van der Waals surface area contributed by atoms with E-state index >= 15 is 0 Å². The zero-order valence-electron chi connectivity index (χ0n) is 9.49. The van der Waals surface area contributed by atoms with Crippen LogP contribution in [-0.2, 0) is 0 Å². The first-order chi connectivity index (χ1) is 7.72. The quantitative estimate of drug-likeness (QED) is 0.858. The maximum absolute atomic E-state index is 11.9. The fourth-order valence-electron chi connectivity index (χ4n) is 1.56. The third kappa shape index (κ3) is 1.94. The van der Waals surface area contributed by atoms with Gasteiger partial charge in [-0.15, -0.1) is 0 Å². The van der Waals surface area contributed by atoms with Crippen molar-refractivity contribution in [2.45, 2.75) is 26.3 Å². The van der Waals surface area contributed by atoms with E-state index in [1.54, 1.807) is 0 Å². The Morgan fingerprint density at radius 3 is 2.94 bits per heavy atom. The van der Waals surface area contributed by atoms with Gasteiger partial charge in [-0.2, -0.15) is 0 Å². The minimum absolute atomic E-state index is 0.0701. The summed E-state index contributed by atoms with van der Waals surface area (Å²) in [5.41, 5.74) is 1.35. The van der Waals surface area contributed by atoms with Crippen LogP contribution < -0.4 is 5.32 Å². The average Bonchev–Trinajstić information content (AvgIpc) is 2.72. The summed E-state index contributed by atoms with van der Waals surface area (Å²) in [6, 6.07) is 7.72. The lowest BCUT2D eigenvalue weighted by atomic mass is 10.1. The standard InChI is InChI=1S/C13H15NO2/c1-3-9(2)14-13(15)11-8-16-12-7-5-4-6-10(11)12/h4-9H,3H2,1-2H3,(H,14,15). The Labute approximate surface area is 94.4 Å². The Bertz CT molecular complexity index is 501. The number of benzene rings is 1. The highest BCUT2D eigenvalue weighted by Crippen LogP contribution is 2.20. The second-order valence-electron chi connectivity index (χ2n) is 3.93. The third-order valence-corrected chi connectivity index (χ3v) is 2.72. The summed E-state index contributed by atoms with van der Waals surface area (Å²) in [7, 11) is 0. The van der Waals surface area contributed by atoms with Crippen molar-refractivity contribution in [3.8, 4) is 0 Å². The van der Waals surface area contributed by atoms with Gasteiger partial charge in [-0.05, 0) is 19.4 Å². The van der Waals surface area contributed by atoms with Gasteiger partial charge in [0.1, 0.15) is 11.8 Å². The molecule has 0 radical (unpaired) electrons. The molecule has 1 heterocycles. The molecular formula is C13H15NO2. The second-order valence-corrected chi connectivity index (χ2v) is 3.93. The highest BCUT2D eigenvalue weighted by Gasteiger charge is 2.14. The maximum atomic E-state index is 11.9. The molecule has 0 saturated heterocycles. The monoisotopic (exact) mass is 217 g/mol. The van der Waals surface area contributed by atoms with E-state index in [0.29, 0.717) is 5.56 Å². The molecule has 0 saturated carbocycles. The number of fused-ring (bicyclic) bond motifs is 1. The van der Waals surface area contributed by atoms with E-state index in [0.717, 1.165) is 17.4 Å². The highest BCUT2D eigenvalue weighted by atomic mass is 16.3. The zero-order chi connectivity index (χ0) is 11.5.